The summed E-state index contributed by atoms with van der Waals surface area (Å²) in [5.74, 6) is -0.136. The van der Waals surface area contributed by atoms with Crippen molar-refractivity contribution in [2.24, 2.45) is 0 Å². The van der Waals surface area contributed by atoms with E-state index in [4.69, 9.17) is 16.3 Å². The van der Waals surface area contributed by atoms with Crippen LogP contribution in [0.5, 0.6) is 11.5 Å². The third-order valence-corrected chi connectivity index (χ3v) is 6.02. The minimum atomic E-state index is -3.98. The van der Waals surface area contributed by atoms with Crippen LogP contribution in [0.1, 0.15) is 22.8 Å². The van der Waals surface area contributed by atoms with E-state index in [1.807, 2.05) is 6.92 Å². The van der Waals surface area contributed by atoms with Crippen LogP contribution in [0, 0.1) is 6.92 Å². The molecule has 3 rings (SSSR count). The molecule has 0 unspecified atom stereocenters. The van der Waals surface area contributed by atoms with Gasteiger partial charge in [0.2, 0.25) is 0 Å². The van der Waals surface area contributed by atoms with E-state index in [-0.39, 0.29) is 26.9 Å². The molecular weight excluding hydrogens is 440 g/mol. The van der Waals surface area contributed by atoms with Crippen molar-refractivity contribution in [3.05, 3.63) is 76.8 Å². The van der Waals surface area contributed by atoms with E-state index in [0.717, 1.165) is 5.56 Å². The fraction of sp³-hybridized carbons (Fsp3) is 0.136. The highest BCUT2D eigenvalue weighted by Gasteiger charge is 2.20. The number of hydrogen-bond donors (Lipinski definition) is 3. The van der Waals surface area contributed by atoms with Crippen molar-refractivity contribution in [3.63, 3.8) is 0 Å². The summed E-state index contributed by atoms with van der Waals surface area (Å²) >= 11 is 6.13. The fourth-order valence-corrected chi connectivity index (χ4v) is 4.07. The summed E-state index contributed by atoms with van der Waals surface area (Å²) in [4.78, 5) is 12.5. The topological polar surface area (TPSA) is 105 Å². The van der Waals surface area contributed by atoms with Crippen molar-refractivity contribution in [2.75, 3.05) is 16.6 Å². The van der Waals surface area contributed by atoms with Gasteiger partial charge in [-0.15, -0.1) is 0 Å². The average Bonchev–Trinajstić information content (AvgIpc) is 2.71. The number of aromatic hydroxyl groups is 1. The molecule has 0 aromatic heterocycles. The first kappa shape index (κ1) is 22.5. The van der Waals surface area contributed by atoms with Crippen LogP contribution < -0.4 is 14.8 Å². The third-order valence-electron chi connectivity index (χ3n) is 4.31. The number of rotatable bonds is 7. The Morgan fingerprint density at radius 1 is 1.06 bits per heavy atom. The van der Waals surface area contributed by atoms with Gasteiger partial charge in [0.1, 0.15) is 11.5 Å². The lowest BCUT2D eigenvalue weighted by atomic mass is 10.2. The lowest BCUT2D eigenvalue weighted by Crippen LogP contribution is -2.16. The lowest BCUT2D eigenvalue weighted by Gasteiger charge is -2.12. The van der Waals surface area contributed by atoms with Crippen LogP contribution >= 0.6 is 11.6 Å². The summed E-state index contributed by atoms with van der Waals surface area (Å²) in [5, 5.41) is 12.6. The highest BCUT2D eigenvalue weighted by atomic mass is 35.5. The summed E-state index contributed by atoms with van der Waals surface area (Å²) < 4.78 is 33.4. The van der Waals surface area contributed by atoms with Gasteiger partial charge < -0.3 is 15.2 Å². The predicted molar refractivity (Wildman–Crippen MR) is 121 cm³/mol. The Morgan fingerprint density at radius 3 is 2.42 bits per heavy atom. The molecule has 0 saturated heterocycles. The zero-order chi connectivity index (χ0) is 22.6. The summed E-state index contributed by atoms with van der Waals surface area (Å²) in [5.41, 5.74) is 1.31. The summed E-state index contributed by atoms with van der Waals surface area (Å²) in [6.45, 7) is 4.15. The fourth-order valence-electron chi connectivity index (χ4n) is 2.78. The first-order chi connectivity index (χ1) is 14.7. The van der Waals surface area contributed by atoms with Gasteiger partial charge in [0.05, 0.1) is 27.8 Å². The van der Waals surface area contributed by atoms with Crippen molar-refractivity contribution in [3.8, 4) is 11.5 Å². The van der Waals surface area contributed by atoms with Gasteiger partial charge in [-0.2, -0.15) is 0 Å². The van der Waals surface area contributed by atoms with Gasteiger partial charge in [0, 0.05) is 5.69 Å². The first-order valence-corrected chi connectivity index (χ1v) is 11.2. The SMILES string of the molecule is CCOc1ccc(NS(=O)(=O)c2ccc(Cl)c(C(=O)Nc3ccc(C)cc3O)c2)cc1. The van der Waals surface area contributed by atoms with Crippen molar-refractivity contribution in [2.45, 2.75) is 18.7 Å². The zero-order valence-corrected chi connectivity index (χ0v) is 18.4. The van der Waals surface area contributed by atoms with Crippen molar-refractivity contribution in [1.82, 2.24) is 0 Å². The second kappa shape index (κ2) is 9.28. The molecule has 0 saturated carbocycles. The Balaban J connectivity index is 1.84. The van der Waals surface area contributed by atoms with E-state index < -0.39 is 15.9 Å². The Morgan fingerprint density at radius 2 is 1.77 bits per heavy atom. The largest absolute Gasteiger partial charge is 0.506 e. The van der Waals surface area contributed by atoms with E-state index >= 15 is 0 Å². The van der Waals surface area contributed by atoms with Crippen LogP contribution in [0.2, 0.25) is 5.02 Å². The molecule has 1 amide bonds. The van der Waals surface area contributed by atoms with E-state index in [1.165, 1.54) is 24.3 Å². The van der Waals surface area contributed by atoms with Crippen LogP contribution in [0.4, 0.5) is 11.4 Å². The molecule has 162 valence electrons. The first-order valence-electron chi connectivity index (χ1n) is 9.36. The molecule has 0 bridgehead atoms. The number of ether oxygens (including phenoxy) is 1. The number of hydrogen-bond acceptors (Lipinski definition) is 5. The molecular formula is C22H21ClN2O5S. The standard InChI is InChI=1S/C22H21ClN2O5S/c1-3-30-16-7-5-15(6-8-16)25-31(28,29)17-9-10-19(23)18(13-17)22(27)24-20-11-4-14(2)12-21(20)26/h4-13,25-26H,3H2,1-2H3,(H,24,27). The number of sulfonamides is 1. The number of phenolic OH excluding ortho intramolecular Hbond substituents is 1. The quantitative estimate of drug-likeness (QED) is 0.439. The number of benzene rings is 3. The Hall–Kier alpha value is -3.23. The van der Waals surface area contributed by atoms with Gasteiger partial charge in [-0.25, -0.2) is 8.42 Å². The molecule has 0 aliphatic rings. The summed E-state index contributed by atoms with van der Waals surface area (Å²) in [6.07, 6.45) is 0. The zero-order valence-electron chi connectivity index (χ0n) is 16.8. The number of nitrogens with one attached hydrogen (secondary N) is 2. The molecule has 9 heteroatoms. The number of carbonyl (C=O) groups excluding carboxylic acids is 1. The van der Waals surface area contributed by atoms with E-state index in [9.17, 15) is 18.3 Å². The monoisotopic (exact) mass is 460 g/mol. The molecule has 3 N–H and O–H groups in total. The maximum absolute atomic E-state index is 12.8. The Bertz CT molecular complexity index is 1210. The molecule has 0 heterocycles. The third kappa shape index (κ3) is 5.48. The molecule has 0 spiro atoms. The second-order valence-electron chi connectivity index (χ2n) is 6.68. The Kier molecular flexibility index (Phi) is 6.72. The van der Waals surface area contributed by atoms with Gasteiger partial charge in [-0.1, -0.05) is 17.7 Å². The molecule has 31 heavy (non-hydrogen) atoms. The van der Waals surface area contributed by atoms with Gasteiger partial charge >= 0.3 is 0 Å². The number of aryl methyl sites for hydroxylation is 1. The Labute approximate surface area is 185 Å². The molecule has 7 nitrogen and oxygen atoms in total. The average molecular weight is 461 g/mol. The van der Waals surface area contributed by atoms with Crippen LogP contribution in [0.25, 0.3) is 0 Å². The number of halogens is 1. The molecule has 0 aliphatic carbocycles. The molecule has 3 aromatic carbocycles. The van der Waals surface area contributed by atoms with Crippen LogP contribution in [-0.2, 0) is 10.0 Å². The van der Waals surface area contributed by atoms with E-state index in [1.54, 1.807) is 43.3 Å². The molecule has 0 fully saturated rings. The highest BCUT2D eigenvalue weighted by Crippen LogP contribution is 2.27. The molecule has 0 radical (unpaired) electrons. The van der Waals surface area contributed by atoms with E-state index in [2.05, 4.69) is 10.0 Å². The van der Waals surface area contributed by atoms with Gasteiger partial charge in [0.15, 0.2) is 0 Å². The second-order valence-corrected chi connectivity index (χ2v) is 8.77. The number of phenols is 1. The smallest absolute Gasteiger partial charge is 0.261 e. The minimum Gasteiger partial charge on any atom is -0.506 e. The minimum absolute atomic E-state index is 0.0452. The van der Waals surface area contributed by atoms with Gasteiger partial charge in [0.25, 0.3) is 15.9 Å². The van der Waals surface area contributed by atoms with Crippen LogP contribution in [-0.4, -0.2) is 26.0 Å². The molecule has 0 atom stereocenters. The number of carbonyl (C=O) groups is 1. The van der Waals surface area contributed by atoms with Crippen molar-refractivity contribution >= 4 is 38.9 Å². The summed E-state index contributed by atoms with van der Waals surface area (Å²) in [7, 11) is -3.98. The lowest BCUT2D eigenvalue weighted by molar-refractivity contribution is 0.102. The molecule has 0 aliphatic heterocycles. The van der Waals surface area contributed by atoms with Crippen LogP contribution in [0.15, 0.2) is 65.6 Å². The number of anilines is 2. The maximum Gasteiger partial charge on any atom is 0.261 e. The van der Waals surface area contributed by atoms with Crippen molar-refractivity contribution in [1.29, 1.82) is 0 Å². The maximum atomic E-state index is 12.8. The van der Waals surface area contributed by atoms with E-state index in [0.29, 0.717) is 18.0 Å². The normalized spacial score (nSPS) is 11.1. The van der Waals surface area contributed by atoms with Crippen LogP contribution in [0.3, 0.4) is 0 Å². The van der Waals surface area contributed by atoms with Crippen molar-refractivity contribution < 1.29 is 23.1 Å². The summed E-state index contributed by atoms with van der Waals surface area (Å²) in [6, 6.07) is 15.0. The highest BCUT2D eigenvalue weighted by molar-refractivity contribution is 7.92. The van der Waals surface area contributed by atoms with Gasteiger partial charge in [-0.05, 0) is 74.0 Å². The predicted octanol–water partition coefficient (Wildman–Crippen LogP) is 4.81. The molecule has 3 aromatic rings. The van der Waals surface area contributed by atoms with Gasteiger partial charge in [-0.3, -0.25) is 9.52 Å². The number of amides is 1.